The number of amides is 2. The van der Waals surface area contributed by atoms with E-state index >= 15 is 0 Å². The van der Waals surface area contributed by atoms with Gasteiger partial charge in [-0.15, -0.1) is 0 Å². The lowest BCUT2D eigenvalue weighted by Gasteiger charge is -2.35. The Morgan fingerprint density at radius 2 is 1.32 bits per heavy atom. The molecule has 2 aliphatic rings. The number of carbonyl (C=O) groups excluding carboxylic acids is 2. The van der Waals surface area contributed by atoms with Crippen LogP contribution in [-0.2, 0) is 19.1 Å². The molecular weight excluding hydrogens is 516 g/mol. The van der Waals surface area contributed by atoms with Gasteiger partial charge in [-0.25, -0.2) is 0 Å². The molecule has 4 unspecified atom stereocenters. The van der Waals surface area contributed by atoms with Gasteiger partial charge in [0.1, 0.15) is 22.7 Å². The van der Waals surface area contributed by atoms with Gasteiger partial charge < -0.3 is 33.2 Å². The van der Waals surface area contributed by atoms with Crippen LogP contribution in [0.2, 0.25) is 0 Å². The lowest BCUT2D eigenvalue weighted by Crippen LogP contribution is -2.49. The molecule has 40 heavy (non-hydrogen) atoms. The molecule has 0 bridgehead atoms. The molecule has 4 atom stereocenters. The van der Waals surface area contributed by atoms with Crippen molar-refractivity contribution in [2.45, 2.75) is 59.0 Å². The van der Waals surface area contributed by atoms with Gasteiger partial charge in [0.15, 0.2) is 13.2 Å². The second kappa shape index (κ2) is 11.5. The van der Waals surface area contributed by atoms with Crippen LogP contribution in [0.25, 0.3) is 21.9 Å². The molecule has 2 fully saturated rings. The number of hydrogen-bond donors (Lipinski definition) is 0. The van der Waals surface area contributed by atoms with Crippen LogP contribution in [0.4, 0.5) is 0 Å². The maximum Gasteiger partial charge on any atom is 0.260 e. The first-order valence-corrected chi connectivity index (χ1v) is 13.7. The van der Waals surface area contributed by atoms with Crippen LogP contribution in [0.3, 0.4) is 0 Å². The van der Waals surface area contributed by atoms with Gasteiger partial charge >= 0.3 is 0 Å². The maximum atomic E-state index is 13.2. The molecule has 5 rings (SSSR count). The smallest absolute Gasteiger partial charge is 0.260 e. The minimum Gasteiger partial charge on any atom is -0.484 e. The Labute approximate surface area is 232 Å². The van der Waals surface area contributed by atoms with Crippen LogP contribution in [0, 0.1) is 6.92 Å². The van der Waals surface area contributed by atoms with Crippen LogP contribution in [0.1, 0.15) is 33.3 Å². The molecule has 214 valence electrons. The van der Waals surface area contributed by atoms with Gasteiger partial charge in [-0.3, -0.25) is 14.4 Å². The first-order chi connectivity index (χ1) is 19.1. The third kappa shape index (κ3) is 5.93. The zero-order chi connectivity index (χ0) is 28.6. The van der Waals surface area contributed by atoms with Crippen molar-refractivity contribution in [1.29, 1.82) is 0 Å². The summed E-state index contributed by atoms with van der Waals surface area (Å²) < 4.78 is 29.2. The van der Waals surface area contributed by atoms with Gasteiger partial charge in [-0.2, -0.15) is 0 Å². The topological polar surface area (TPSA) is 108 Å². The number of hydrogen-bond acceptors (Lipinski definition) is 8. The summed E-state index contributed by atoms with van der Waals surface area (Å²) in [7, 11) is 0. The Morgan fingerprint density at radius 1 is 0.800 bits per heavy atom. The van der Waals surface area contributed by atoms with Crippen molar-refractivity contribution in [3.05, 3.63) is 46.1 Å². The number of carbonyl (C=O) groups is 2. The van der Waals surface area contributed by atoms with E-state index in [0.29, 0.717) is 65.2 Å². The number of ether oxygens (including phenoxy) is 4. The zero-order valence-corrected chi connectivity index (χ0v) is 23.6. The number of fused-ring (bicyclic) bond motifs is 2. The van der Waals surface area contributed by atoms with E-state index in [0.717, 1.165) is 0 Å². The molecule has 1 aromatic heterocycles. The predicted octanol–water partition coefficient (Wildman–Crippen LogP) is 3.28. The molecule has 10 nitrogen and oxygen atoms in total. The van der Waals surface area contributed by atoms with E-state index in [-0.39, 0.29) is 54.9 Å². The third-order valence-electron chi connectivity index (χ3n) is 7.27. The Balaban J connectivity index is 1.32. The van der Waals surface area contributed by atoms with Crippen LogP contribution in [0.5, 0.6) is 11.5 Å². The number of nitrogens with zero attached hydrogens (tertiary/aromatic N) is 2. The predicted molar refractivity (Wildman–Crippen MR) is 149 cm³/mol. The lowest BCUT2D eigenvalue weighted by atomic mass is 10.1. The van der Waals surface area contributed by atoms with Gasteiger partial charge in [0.05, 0.1) is 35.2 Å². The first kappa shape index (κ1) is 27.9. The fraction of sp³-hybridized carbons (Fsp3) is 0.500. The lowest BCUT2D eigenvalue weighted by molar-refractivity contribution is -0.145. The number of aryl methyl sites for hydroxylation is 1. The molecular formula is C30H36N2O8. The largest absolute Gasteiger partial charge is 0.484 e. The Bertz CT molecular complexity index is 1460. The summed E-state index contributed by atoms with van der Waals surface area (Å²) in [5, 5.41) is 0.819. The fourth-order valence-electron chi connectivity index (χ4n) is 5.49. The van der Waals surface area contributed by atoms with E-state index in [4.69, 9.17) is 23.4 Å². The highest BCUT2D eigenvalue weighted by molar-refractivity contribution is 5.92. The second-order valence-electron chi connectivity index (χ2n) is 10.8. The van der Waals surface area contributed by atoms with Crippen molar-refractivity contribution >= 4 is 33.8 Å². The van der Waals surface area contributed by atoms with E-state index in [1.54, 1.807) is 47.1 Å². The summed E-state index contributed by atoms with van der Waals surface area (Å²) in [6, 6.07) is 8.26. The van der Waals surface area contributed by atoms with Crippen molar-refractivity contribution in [3.8, 4) is 11.5 Å². The molecule has 0 saturated carbocycles. The van der Waals surface area contributed by atoms with Crippen molar-refractivity contribution in [2.75, 3.05) is 39.4 Å². The van der Waals surface area contributed by atoms with Crippen LogP contribution in [-0.4, -0.2) is 85.4 Å². The molecule has 2 aromatic carbocycles. The quantitative estimate of drug-likeness (QED) is 0.429. The second-order valence-corrected chi connectivity index (χ2v) is 10.8. The molecule has 0 N–H and O–H groups in total. The minimum atomic E-state index is -0.183. The minimum absolute atomic E-state index is 0.0297. The summed E-state index contributed by atoms with van der Waals surface area (Å²) in [4.78, 5) is 42.2. The van der Waals surface area contributed by atoms with Crippen molar-refractivity contribution in [3.63, 3.8) is 0 Å². The Morgan fingerprint density at radius 3 is 1.90 bits per heavy atom. The Hall–Kier alpha value is -3.63. The summed E-state index contributed by atoms with van der Waals surface area (Å²) in [5.74, 6) is 0.626. The monoisotopic (exact) mass is 552 g/mol. The molecule has 2 amide bonds. The zero-order valence-electron chi connectivity index (χ0n) is 23.6. The Kier molecular flexibility index (Phi) is 8.00. The van der Waals surface area contributed by atoms with Crippen molar-refractivity contribution < 1.29 is 33.0 Å². The summed E-state index contributed by atoms with van der Waals surface area (Å²) in [6.07, 6.45) is -0.122. The highest BCUT2D eigenvalue weighted by Crippen LogP contribution is 2.30. The normalized spacial score (nSPS) is 23.4. The van der Waals surface area contributed by atoms with Gasteiger partial charge in [0, 0.05) is 37.8 Å². The summed E-state index contributed by atoms with van der Waals surface area (Å²) >= 11 is 0. The van der Waals surface area contributed by atoms with Crippen molar-refractivity contribution in [2.24, 2.45) is 0 Å². The molecule has 2 saturated heterocycles. The molecule has 3 aromatic rings. The molecule has 0 spiro atoms. The standard InChI is InChI=1S/C30H36N2O8/c1-17-11-31(12-18(2)38-17)27(33)15-36-22-6-7-23-26(10-22)40-30-21(5)25(9-8-24(30)29(23)35)37-16-28(34)32-13-19(3)39-20(4)14-32/h6-10,17-20H,11-16H2,1-5H3. The molecule has 3 heterocycles. The number of morpholine rings is 2. The average molecular weight is 553 g/mol. The van der Waals surface area contributed by atoms with E-state index in [1.807, 2.05) is 27.7 Å². The molecule has 0 radical (unpaired) electrons. The number of benzene rings is 2. The van der Waals surface area contributed by atoms with Gasteiger partial charge in [0.25, 0.3) is 11.8 Å². The SMILES string of the molecule is Cc1c(OCC(=O)N2CC(C)OC(C)C2)ccc2c(=O)c3ccc(OCC(=O)N4CC(C)OC(C)C4)cc3oc12. The van der Waals surface area contributed by atoms with E-state index in [2.05, 4.69) is 0 Å². The third-order valence-corrected chi connectivity index (χ3v) is 7.27. The van der Waals surface area contributed by atoms with Crippen LogP contribution in [0.15, 0.2) is 39.5 Å². The van der Waals surface area contributed by atoms with Crippen LogP contribution < -0.4 is 14.9 Å². The average Bonchev–Trinajstić information content (AvgIpc) is 2.90. The fourth-order valence-corrected chi connectivity index (χ4v) is 5.49. The highest BCUT2D eigenvalue weighted by atomic mass is 16.5. The first-order valence-electron chi connectivity index (χ1n) is 13.7. The van der Waals surface area contributed by atoms with Gasteiger partial charge in [0.2, 0.25) is 5.43 Å². The van der Waals surface area contributed by atoms with Crippen LogP contribution >= 0.6 is 0 Å². The van der Waals surface area contributed by atoms with E-state index in [1.165, 1.54) is 0 Å². The van der Waals surface area contributed by atoms with Gasteiger partial charge in [-0.1, -0.05) is 0 Å². The molecule has 0 aliphatic carbocycles. The van der Waals surface area contributed by atoms with E-state index in [9.17, 15) is 14.4 Å². The maximum absolute atomic E-state index is 13.2. The number of rotatable bonds is 6. The van der Waals surface area contributed by atoms with Crippen molar-refractivity contribution in [1.82, 2.24) is 9.80 Å². The molecule has 2 aliphatic heterocycles. The van der Waals surface area contributed by atoms with E-state index < -0.39 is 0 Å². The summed E-state index contributed by atoms with van der Waals surface area (Å²) in [5.41, 5.74) is 1.14. The van der Waals surface area contributed by atoms with Gasteiger partial charge in [-0.05, 0) is 58.9 Å². The summed E-state index contributed by atoms with van der Waals surface area (Å²) in [6.45, 7) is 11.4. The molecule has 10 heteroatoms. The highest BCUT2D eigenvalue weighted by Gasteiger charge is 2.27.